The van der Waals surface area contributed by atoms with Crippen molar-refractivity contribution in [2.45, 2.75) is 26.0 Å². The number of anilines is 1. The first-order valence-corrected chi connectivity index (χ1v) is 10.7. The summed E-state index contributed by atoms with van der Waals surface area (Å²) < 4.78 is 12.4. The molecule has 1 N–H and O–H groups in total. The van der Waals surface area contributed by atoms with Gasteiger partial charge < -0.3 is 14.5 Å². The Hall–Kier alpha value is -4.02. The highest BCUT2D eigenvalue weighted by molar-refractivity contribution is 6.31. The van der Waals surface area contributed by atoms with E-state index in [4.69, 9.17) is 26.0 Å². The Balaban J connectivity index is 1.33. The second-order valence-electron chi connectivity index (χ2n) is 7.40. The Morgan fingerprint density at radius 1 is 1.09 bits per heavy atom. The van der Waals surface area contributed by atoms with Crippen molar-refractivity contribution in [2.75, 3.05) is 5.32 Å². The molecule has 1 amide bonds. The first-order chi connectivity index (χ1) is 16.0. The zero-order valence-electron chi connectivity index (χ0n) is 17.6. The van der Waals surface area contributed by atoms with E-state index >= 15 is 0 Å². The average Bonchev–Trinajstić information content (AvgIpc) is 3.11. The summed E-state index contributed by atoms with van der Waals surface area (Å²) in [5.41, 5.74) is 3.45. The maximum Gasteiger partial charge on any atom is 0.419 e. The van der Waals surface area contributed by atoms with Gasteiger partial charge in [-0.05, 0) is 47.5 Å². The molecule has 0 unspecified atom stereocenters. The van der Waals surface area contributed by atoms with E-state index in [1.165, 1.54) is 4.57 Å². The number of fused-ring (bicyclic) bond motifs is 1. The zero-order chi connectivity index (χ0) is 23.2. The second kappa shape index (κ2) is 10.1. The Bertz CT molecular complexity index is 1380. The van der Waals surface area contributed by atoms with Gasteiger partial charge in [-0.3, -0.25) is 9.36 Å². The molecule has 4 aromatic rings. The van der Waals surface area contributed by atoms with E-state index < -0.39 is 5.76 Å². The SMILES string of the molecule is N#CCc1ccc(OCc2cccc(NC(=O)CCn3c(=O)oc4cc(Cl)ccc43)c2)cc1. The van der Waals surface area contributed by atoms with E-state index in [1.807, 2.05) is 42.5 Å². The number of nitrogens with one attached hydrogen (secondary N) is 1. The molecule has 0 saturated heterocycles. The van der Waals surface area contributed by atoms with E-state index in [9.17, 15) is 9.59 Å². The van der Waals surface area contributed by atoms with Crippen molar-refractivity contribution in [2.24, 2.45) is 0 Å². The van der Waals surface area contributed by atoms with Crippen LogP contribution < -0.4 is 15.8 Å². The van der Waals surface area contributed by atoms with Crippen molar-refractivity contribution >= 4 is 34.3 Å². The fraction of sp³-hybridized carbons (Fsp3) is 0.160. The normalized spacial score (nSPS) is 10.7. The number of nitrogens with zero attached hydrogens (tertiary/aromatic N) is 2. The summed E-state index contributed by atoms with van der Waals surface area (Å²) in [5, 5.41) is 12.1. The van der Waals surface area contributed by atoms with Crippen LogP contribution in [-0.2, 0) is 24.4 Å². The summed E-state index contributed by atoms with van der Waals surface area (Å²) in [6, 6.07) is 21.8. The van der Waals surface area contributed by atoms with Gasteiger partial charge in [0.1, 0.15) is 12.4 Å². The van der Waals surface area contributed by atoms with Crippen LogP contribution in [0.25, 0.3) is 11.1 Å². The number of oxazole rings is 1. The molecule has 0 atom stereocenters. The number of aromatic nitrogens is 1. The van der Waals surface area contributed by atoms with Crippen LogP contribution in [0.4, 0.5) is 5.69 Å². The van der Waals surface area contributed by atoms with Crippen LogP contribution in [0.5, 0.6) is 5.75 Å². The smallest absolute Gasteiger partial charge is 0.419 e. The van der Waals surface area contributed by atoms with Gasteiger partial charge in [0, 0.05) is 29.7 Å². The molecular weight excluding hydrogens is 442 g/mol. The molecule has 33 heavy (non-hydrogen) atoms. The third kappa shape index (κ3) is 5.62. The minimum atomic E-state index is -0.528. The fourth-order valence-corrected chi connectivity index (χ4v) is 3.55. The summed E-state index contributed by atoms with van der Waals surface area (Å²) in [6.45, 7) is 0.518. The molecule has 166 valence electrons. The van der Waals surface area contributed by atoms with Gasteiger partial charge in [0.15, 0.2) is 5.58 Å². The van der Waals surface area contributed by atoms with Crippen molar-refractivity contribution in [3.05, 3.63) is 93.4 Å². The van der Waals surface area contributed by atoms with E-state index in [2.05, 4.69) is 11.4 Å². The lowest BCUT2D eigenvalue weighted by molar-refractivity contribution is -0.116. The minimum absolute atomic E-state index is 0.104. The molecule has 4 rings (SSSR count). The van der Waals surface area contributed by atoms with Crippen molar-refractivity contribution in [3.63, 3.8) is 0 Å². The topological polar surface area (TPSA) is 97.3 Å². The van der Waals surface area contributed by atoms with E-state index in [-0.39, 0.29) is 18.9 Å². The summed E-state index contributed by atoms with van der Waals surface area (Å²) in [5.74, 6) is -0.0542. The highest BCUT2D eigenvalue weighted by atomic mass is 35.5. The van der Waals surface area contributed by atoms with Crippen molar-refractivity contribution in [1.29, 1.82) is 5.26 Å². The minimum Gasteiger partial charge on any atom is -0.489 e. The predicted molar refractivity (Wildman–Crippen MR) is 125 cm³/mol. The summed E-state index contributed by atoms with van der Waals surface area (Å²) in [7, 11) is 0. The lowest BCUT2D eigenvalue weighted by Gasteiger charge is -2.10. The number of hydrogen-bond acceptors (Lipinski definition) is 5. The predicted octanol–water partition coefficient (Wildman–Crippen LogP) is 4.92. The van der Waals surface area contributed by atoms with E-state index in [1.54, 1.807) is 24.3 Å². The number of hydrogen-bond donors (Lipinski definition) is 1. The first kappa shape index (κ1) is 22.2. The fourth-order valence-electron chi connectivity index (χ4n) is 3.39. The average molecular weight is 462 g/mol. The molecule has 0 aliphatic heterocycles. The van der Waals surface area contributed by atoms with Gasteiger partial charge in [-0.2, -0.15) is 5.26 Å². The number of nitriles is 1. The van der Waals surface area contributed by atoms with Crippen LogP contribution in [0, 0.1) is 11.3 Å². The Morgan fingerprint density at radius 2 is 1.91 bits per heavy atom. The molecule has 8 heteroatoms. The number of rotatable bonds is 8. The van der Waals surface area contributed by atoms with Crippen LogP contribution in [0.3, 0.4) is 0 Å². The molecule has 1 heterocycles. The Kier molecular flexibility index (Phi) is 6.77. The van der Waals surface area contributed by atoms with Crippen LogP contribution in [0.15, 0.2) is 75.9 Å². The monoisotopic (exact) mass is 461 g/mol. The number of halogens is 1. The lowest BCUT2D eigenvalue weighted by Crippen LogP contribution is -2.19. The van der Waals surface area contributed by atoms with Gasteiger partial charge in [-0.15, -0.1) is 0 Å². The van der Waals surface area contributed by atoms with Crippen LogP contribution >= 0.6 is 11.6 Å². The Labute approximate surface area is 194 Å². The number of amides is 1. The first-order valence-electron chi connectivity index (χ1n) is 10.3. The number of aryl methyl sites for hydroxylation is 1. The maximum atomic E-state index is 12.5. The summed E-state index contributed by atoms with van der Waals surface area (Å²) >= 11 is 5.93. The molecule has 7 nitrogen and oxygen atoms in total. The van der Waals surface area contributed by atoms with Crippen molar-refractivity contribution in [1.82, 2.24) is 4.57 Å². The van der Waals surface area contributed by atoms with Gasteiger partial charge in [-0.1, -0.05) is 35.9 Å². The standard InChI is InChI=1S/C25H20ClN3O4/c26-19-6-9-22-23(15-19)33-25(31)29(22)13-11-24(30)28-20-3-1-2-18(14-20)16-32-21-7-4-17(5-8-21)10-12-27/h1-9,14-15H,10-11,13,16H2,(H,28,30). The largest absolute Gasteiger partial charge is 0.489 e. The number of benzene rings is 3. The molecular formula is C25H20ClN3O4. The summed E-state index contributed by atoms with van der Waals surface area (Å²) in [4.78, 5) is 24.6. The number of carbonyl (C=O) groups is 1. The van der Waals surface area contributed by atoms with Crippen molar-refractivity contribution < 1.29 is 13.9 Å². The van der Waals surface area contributed by atoms with Gasteiger partial charge >= 0.3 is 5.76 Å². The molecule has 1 aromatic heterocycles. The maximum absolute atomic E-state index is 12.5. The molecule has 3 aromatic carbocycles. The molecule has 0 spiro atoms. The van der Waals surface area contributed by atoms with Crippen molar-refractivity contribution in [3.8, 4) is 11.8 Å². The second-order valence-corrected chi connectivity index (χ2v) is 7.83. The quantitative estimate of drug-likeness (QED) is 0.401. The molecule has 0 aliphatic carbocycles. The number of ether oxygens (including phenoxy) is 1. The third-order valence-electron chi connectivity index (χ3n) is 5.02. The number of carbonyl (C=O) groups excluding carboxylic acids is 1. The zero-order valence-corrected chi connectivity index (χ0v) is 18.3. The molecule has 0 aliphatic rings. The van der Waals surface area contributed by atoms with E-state index in [0.717, 1.165) is 11.1 Å². The van der Waals surface area contributed by atoms with Gasteiger partial charge in [0.25, 0.3) is 0 Å². The van der Waals surface area contributed by atoms with Crippen LogP contribution in [0.2, 0.25) is 5.02 Å². The van der Waals surface area contributed by atoms with E-state index in [0.29, 0.717) is 40.6 Å². The highest BCUT2D eigenvalue weighted by Crippen LogP contribution is 2.19. The lowest BCUT2D eigenvalue weighted by atomic mass is 10.1. The van der Waals surface area contributed by atoms with Gasteiger partial charge in [-0.25, -0.2) is 4.79 Å². The molecule has 0 fully saturated rings. The summed E-state index contributed by atoms with van der Waals surface area (Å²) in [6.07, 6.45) is 0.467. The molecule has 0 radical (unpaired) electrons. The van der Waals surface area contributed by atoms with Gasteiger partial charge in [0.2, 0.25) is 5.91 Å². The molecule has 0 bridgehead atoms. The third-order valence-corrected chi connectivity index (χ3v) is 5.25. The highest BCUT2D eigenvalue weighted by Gasteiger charge is 2.12. The van der Waals surface area contributed by atoms with Crippen LogP contribution in [0.1, 0.15) is 17.5 Å². The van der Waals surface area contributed by atoms with Gasteiger partial charge in [0.05, 0.1) is 18.0 Å². The van der Waals surface area contributed by atoms with Crippen LogP contribution in [-0.4, -0.2) is 10.5 Å². The Morgan fingerprint density at radius 3 is 2.70 bits per heavy atom. The molecule has 0 saturated carbocycles.